The second kappa shape index (κ2) is 5.50. The van der Waals surface area contributed by atoms with Crippen molar-refractivity contribution in [2.24, 2.45) is 5.92 Å². The highest BCUT2D eigenvalue weighted by atomic mass is 16.5. The van der Waals surface area contributed by atoms with Crippen LogP contribution >= 0.6 is 0 Å². The van der Waals surface area contributed by atoms with Crippen molar-refractivity contribution in [3.8, 4) is 0 Å². The Bertz CT molecular complexity index is 296. The first-order valence-electron chi connectivity index (χ1n) is 4.98. The van der Waals surface area contributed by atoms with Crippen molar-refractivity contribution >= 4 is 5.91 Å². The fourth-order valence-electron chi connectivity index (χ4n) is 1.09. The number of nitrogens with zero attached hydrogens (tertiary/aromatic N) is 1. The molecule has 84 valence electrons. The summed E-state index contributed by atoms with van der Waals surface area (Å²) in [6.07, 6.45) is 1.50. The Labute approximate surface area is 88.5 Å². The van der Waals surface area contributed by atoms with Crippen molar-refractivity contribution in [3.05, 3.63) is 18.0 Å². The van der Waals surface area contributed by atoms with Gasteiger partial charge in [-0.25, -0.2) is 0 Å². The molecule has 1 heterocycles. The Morgan fingerprint density at radius 2 is 2.40 bits per heavy atom. The lowest BCUT2D eigenvalue weighted by Gasteiger charge is -2.13. The van der Waals surface area contributed by atoms with Gasteiger partial charge >= 0.3 is 0 Å². The molecule has 0 saturated carbocycles. The zero-order valence-electron chi connectivity index (χ0n) is 8.93. The number of hydrogen-bond donors (Lipinski definition) is 2. The van der Waals surface area contributed by atoms with Crippen LogP contribution in [0.4, 0.5) is 0 Å². The van der Waals surface area contributed by atoms with Crippen LogP contribution in [0, 0.1) is 5.92 Å². The van der Waals surface area contributed by atoms with Gasteiger partial charge in [0, 0.05) is 12.6 Å². The van der Waals surface area contributed by atoms with E-state index in [0.717, 1.165) is 0 Å². The van der Waals surface area contributed by atoms with Crippen molar-refractivity contribution < 1.29 is 14.4 Å². The minimum Gasteiger partial charge on any atom is -0.393 e. The van der Waals surface area contributed by atoms with E-state index in [2.05, 4.69) is 15.0 Å². The second-order valence-electron chi connectivity index (χ2n) is 3.74. The third kappa shape index (κ3) is 3.71. The van der Waals surface area contributed by atoms with E-state index in [1.54, 1.807) is 0 Å². The van der Waals surface area contributed by atoms with E-state index in [1.807, 2.05) is 13.8 Å². The predicted octanol–water partition coefficient (Wildman–Crippen LogP) is 0.811. The number of aromatic nitrogens is 1. The van der Waals surface area contributed by atoms with E-state index in [9.17, 15) is 9.90 Å². The van der Waals surface area contributed by atoms with Crippen LogP contribution in [0.25, 0.3) is 0 Å². The number of rotatable bonds is 5. The maximum atomic E-state index is 11.3. The van der Waals surface area contributed by atoms with E-state index < -0.39 is 0 Å². The lowest BCUT2D eigenvalue weighted by Crippen LogP contribution is -2.28. The maximum Gasteiger partial charge on any atom is 0.273 e. The molecule has 5 nitrogen and oxygen atoms in total. The lowest BCUT2D eigenvalue weighted by atomic mass is 10.0. The number of amides is 1. The maximum absolute atomic E-state index is 11.3. The molecule has 5 heteroatoms. The van der Waals surface area contributed by atoms with Crippen molar-refractivity contribution in [2.75, 3.05) is 6.54 Å². The highest BCUT2D eigenvalue weighted by molar-refractivity contribution is 5.91. The summed E-state index contributed by atoms with van der Waals surface area (Å²) in [5, 5.41) is 15.6. The first-order chi connectivity index (χ1) is 7.11. The standard InChI is InChI=1S/C10H16N2O3/c1-7(2)9(13)3-5-11-10(14)8-4-6-15-12-8/h4,6-7,9,13H,3,5H2,1-2H3,(H,11,14). The molecular weight excluding hydrogens is 196 g/mol. The normalized spacial score (nSPS) is 12.8. The molecule has 0 aliphatic rings. The van der Waals surface area contributed by atoms with E-state index in [-0.39, 0.29) is 23.6 Å². The molecule has 0 bridgehead atoms. The van der Waals surface area contributed by atoms with Crippen molar-refractivity contribution in [1.29, 1.82) is 0 Å². The van der Waals surface area contributed by atoms with Gasteiger partial charge in [0.25, 0.3) is 5.91 Å². The van der Waals surface area contributed by atoms with Crippen LogP contribution in [-0.2, 0) is 0 Å². The molecule has 1 amide bonds. The highest BCUT2D eigenvalue weighted by Crippen LogP contribution is 2.04. The molecular formula is C10H16N2O3. The van der Waals surface area contributed by atoms with Gasteiger partial charge in [0.1, 0.15) is 6.26 Å². The van der Waals surface area contributed by atoms with Crippen molar-refractivity contribution in [1.82, 2.24) is 10.5 Å². The van der Waals surface area contributed by atoms with Gasteiger partial charge in [0.2, 0.25) is 0 Å². The van der Waals surface area contributed by atoms with Crippen LogP contribution < -0.4 is 5.32 Å². The van der Waals surface area contributed by atoms with Crippen LogP contribution in [0.3, 0.4) is 0 Å². The second-order valence-corrected chi connectivity index (χ2v) is 3.74. The molecule has 2 N–H and O–H groups in total. The average Bonchev–Trinajstić information content (AvgIpc) is 2.70. The zero-order valence-corrected chi connectivity index (χ0v) is 8.93. The minimum absolute atomic E-state index is 0.203. The van der Waals surface area contributed by atoms with E-state index in [4.69, 9.17) is 0 Å². The van der Waals surface area contributed by atoms with E-state index >= 15 is 0 Å². The van der Waals surface area contributed by atoms with Crippen LogP contribution in [0.5, 0.6) is 0 Å². The van der Waals surface area contributed by atoms with Gasteiger partial charge in [0.05, 0.1) is 6.10 Å². The van der Waals surface area contributed by atoms with E-state index in [1.165, 1.54) is 12.3 Å². The Balaban J connectivity index is 2.24. The lowest BCUT2D eigenvalue weighted by molar-refractivity contribution is 0.0912. The van der Waals surface area contributed by atoms with Gasteiger partial charge in [-0.05, 0) is 12.3 Å². The molecule has 1 atom stereocenters. The topological polar surface area (TPSA) is 75.4 Å². The monoisotopic (exact) mass is 212 g/mol. The van der Waals surface area contributed by atoms with Crippen LogP contribution in [-0.4, -0.2) is 28.8 Å². The third-order valence-corrected chi connectivity index (χ3v) is 2.17. The van der Waals surface area contributed by atoms with Gasteiger partial charge in [-0.15, -0.1) is 0 Å². The summed E-state index contributed by atoms with van der Waals surface area (Å²) < 4.78 is 4.54. The average molecular weight is 212 g/mol. The zero-order chi connectivity index (χ0) is 11.3. The fourth-order valence-corrected chi connectivity index (χ4v) is 1.09. The highest BCUT2D eigenvalue weighted by Gasteiger charge is 2.11. The summed E-state index contributed by atoms with van der Waals surface area (Å²) in [6, 6.07) is 1.49. The number of aliphatic hydroxyl groups excluding tert-OH is 1. The molecule has 1 unspecified atom stereocenters. The first-order valence-corrected chi connectivity index (χ1v) is 4.98. The number of aliphatic hydroxyl groups is 1. The molecule has 1 aromatic heterocycles. The van der Waals surface area contributed by atoms with Crippen LogP contribution in [0.15, 0.2) is 16.9 Å². The Kier molecular flexibility index (Phi) is 4.30. The largest absolute Gasteiger partial charge is 0.393 e. The summed E-state index contributed by atoms with van der Waals surface area (Å²) >= 11 is 0. The molecule has 0 aliphatic heterocycles. The van der Waals surface area contributed by atoms with Crippen molar-refractivity contribution in [2.45, 2.75) is 26.4 Å². The minimum atomic E-state index is -0.386. The summed E-state index contributed by atoms with van der Waals surface area (Å²) in [6.45, 7) is 4.30. The summed E-state index contributed by atoms with van der Waals surface area (Å²) in [7, 11) is 0. The van der Waals surface area contributed by atoms with Crippen LogP contribution in [0.2, 0.25) is 0 Å². The summed E-state index contributed by atoms with van der Waals surface area (Å²) in [4.78, 5) is 11.3. The Hall–Kier alpha value is -1.36. The van der Waals surface area contributed by atoms with Gasteiger partial charge < -0.3 is 14.9 Å². The Morgan fingerprint density at radius 1 is 1.67 bits per heavy atom. The smallest absolute Gasteiger partial charge is 0.273 e. The van der Waals surface area contributed by atoms with Crippen LogP contribution in [0.1, 0.15) is 30.8 Å². The molecule has 15 heavy (non-hydrogen) atoms. The fraction of sp³-hybridized carbons (Fsp3) is 0.600. The van der Waals surface area contributed by atoms with E-state index in [0.29, 0.717) is 13.0 Å². The molecule has 0 radical (unpaired) electrons. The van der Waals surface area contributed by atoms with Gasteiger partial charge in [-0.1, -0.05) is 19.0 Å². The SMILES string of the molecule is CC(C)C(O)CCNC(=O)c1ccon1. The molecule has 0 fully saturated rings. The number of nitrogens with one attached hydrogen (secondary N) is 1. The number of carbonyl (C=O) groups is 1. The summed E-state index contributed by atoms with van der Waals surface area (Å²) in [5.74, 6) is -0.0753. The molecule has 0 saturated heterocycles. The summed E-state index contributed by atoms with van der Waals surface area (Å²) in [5.41, 5.74) is 0.258. The first kappa shape index (κ1) is 11.7. The quantitative estimate of drug-likeness (QED) is 0.757. The van der Waals surface area contributed by atoms with Gasteiger partial charge in [-0.2, -0.15) is 0 Å². The van der Waals surface area contributed by atoms with Gasteiger partial charge in [-0.3, -0.25) is 4.79 Å². The van der Waals surface area contributed by atoms with Gasteiger partial charge in [0.15, 0.2) is 5.69 Å². The predicted molar refractivity (Wildman–Crippen MR) is 54.3 cm³/mol. The van der Waals surface area contributed by atoms with Crippen molar-refractivity contribution in [3.63, 3.8) is 0 Å². The molecule has 0 aliphatic carbocycles. The molecule has 1 rings (SSSR count). The Morgan fingerprint density at radius 3 is 2.93 bits per heavy atom. The third-order valence-electron chi connectivity index (χ3n) is 2.17. The number of carbonyl (C=O) groups excluding carboxylic acids is 1. The molecule has 1 aromatic rings. The number of hydrogen-bond acceptors (Lipinski definition) is 4. The molecule has 0 spiro atoms. The molecule has 0 aromatic carbocycles.